The summed E-state index contributed by atoms with van der Waals surface area (Å²) in [5.74, 6) is -1.54. The van der Waals surface area contributed by atoms with Gasteiger partial charge in [-0.15, -0.1) is 0 Å². The minimum atomic E-state index is -1.13. The van der Waals surface area contributed by atoms with E-state index in [1.807, 2.05) is 0 Å². The molecule has 0 spiro atoms. The topological polar surface area (TPSA) is 60.4 Å². The molecule has 0 atom stereocenters. The van der Waals surface area contributed by atoms with Gasteiger partial charge in [0.2, 0.25) is 0 Å². The maximum absolute atomic E-state index is 11.3. The van der Waals surface area contributed by atoms with Crippen molar-refractivity contribution in [3.8, 4) is 5.75 Å². The van der Waals surface area contributed by atoms with Crippen LogP contribution in [0.25, 0.3) is 0 Å². The Morgan fingerprint density at radius 2 is 1.70 bits per heavy atom. The third-order valence-corrected chi connectivity index (χ3v) is 3.34. The number of hydrogen-bond acceptors (Lipinski definition) is 2. The smallest absolute Gasteiger partial charge is 0.872 e. The monoisotopic (exact) mass is 302 g/mol. The van der Waals surface area contributed by atoms with E-state index in [4.69, 9.17) is 5.11 Å². The molecule has 3 nitrogen and oxygen atoms in total. The van der Waals surface area contributed by atoms with E-state index in [1.54, 1.807) is 6.07 Å². The summed E-state index contributed by atoms with van der Waals surface area (Å²) in [5, 5.41) is 20.2. The molecule has 1 rings (SSSR count). The molecule has 1 aromatic carbocycles. The molecule has 0 aromatic heterocycles. The van der Waals surface area contributed by atoms with E-state index in [1.165, 1.54) is 50.7 Å². The van der Waals surface area contributed by atoms with Crippen molar-refractivity contribution in [1.82, 2.24) is 0 Å². The van der Waals surface area contributed by atoms with E-state index in [2.05, 4.69) is 6.92 Å². The first-order chi connectivity index (χ1) is 9.15. The van der Waals surface area contributed by atoms with E-state index in [0.717, 1.165) is 18.4 Å². The normalized spacial score (nSPS) is 10.1. The van der Waals surface area contributed by atoms with Crippen molar-refractivity contribution >= 4 is 5.97 Å². The first kappa shape index (κ1) is 20.1. The van der Waals surface area contributed by atoms with Crippen molar-refractivity contribution in [2.75, 3.05) is 0 Å². The van der Waals surface area contributed by atoms with Gasteiger partial charge in [-0.25, -0.2) is 4.79 Å². The van der Waals surface area contributed by atoms with Crippen LogP contribution < -0.4 is 56.5 Å². The van der Waals surface area contributed by atoms with Crippen LogP contribution in [0.4, 0.5) is 0 Å². The number of benzene rings is 1. The Bertz CT molecular complexity index is 405. The van der Waals surface area contributed by atoms with E-state index >= 15 is 0 Å². The van der Waals surface area contributed by atoms with Crippen LogP contribution in [-0.4, -0.2) is 11.1 Å². The number of hydrogen-bond donors (Lipinski definition) is 1. The fourth-order valence-corrected chi connectivity index (χ4v) is 2.19. The summed E-state index contributed by atoms with van der Waals surface area (Å²) in [5.41, 5.74) is 0.839. The predicted octanol–water partition coefficient (Wildman–Crippen LogP) is 0.756. The van der Waals surface area contributed by atoms with Crippen molar-refractivity contribution in [2.45, 2.75) is 58.3 Å². The second-order valence-corrected chi connectivity index (χ2v) is 5.01. The minimum absolute atomic E-state index is 0. The molecular weight excluding hydrogens is 279 g/mol. The zero-order valence-electron chi connectivity index (χ0n) is 12.7. The number of rotatable bonds is 9. The number of carbonyl (C=O) groups is 1. The van der Waals surface area contributed by atoms with Crippen LogP contribution in [-0.2, 0) is 6.42 Å². The molecule has 1 N–H and O–H groups in total. The van der Waals surface area contributed by atoms with Crippen LogP contribution in [0.1, 0.15) is 67.8 Å². The van der Waals surface area contributed by atoms with Crippen LogP contribution in [0.3, 0.4) is 0 Å². The minimum Gasteiger partial charge on any atom is -0.872 e. The number of carboxylic acid groups (broad SMARTS) is 1. The fraction of sp³-hybridized carbons (Fsp3) is 0.562. The predicted molar refractivity (Wildman–Crippen MR) is 74.5 cm³/mol. The second kappa shape index (κ2) is 11.8. The van der Waals surface area contributed by atoms with Crippen LogP contribution in [0.15, 0.2) is 18.2 Å². The molecule has 0 aliphatic rings. The van der Waals surface area contributed by atoms with Crippen LogP contribution >= 0.6 is 0 Å². The summed E-state index contributed by atoms with van der Waals surface area (Å²) < 4.78 is 0. The van der Waals surface area contributed by atoms with Crippen LogP contribution in [0.2, 0.25) is 0 Å². The molecule has 0 amide bonds. The summed E-state index contributed by atoms with van der Waals surface area (Å²) in [7, 11) is 0. The Hall–Kier alpha value is 0.126. The Kier molecular flexibility index (Phi) is 11.8. The molecule has 0 radical (unpaired) electrons. The van der Waals surface area contributed by atoms with Gasteiger partial charge in [-0.3, -0.25) is 0 Å². The van der Waals surface area contributed by atoms with Crippen LogP contribution in [0.5, 0.6) is 5.75 Å². The molecule has 4 heteroatoms. The second-order valence-electron chi connectivity index (χ2n) is 5.01. The SMILES string of the molecule is CCCCCCCCCc1ccc([O-])c(C(=O)O)c1.[K+]. The summed E-state index contributed by atoms with van der Waals surface area (Å²) in [4.78, 5) is 10.9. The molecule has 0 fully saturated rings. The molecule has 0 unspecified atom stereocenters. The molecule has 1 aromatic rings. The molecule has 20 heavy (non-hydrogen) atoms. The quantitative estimate of drug-likeness (QED) is 0.541. The Morgan fingerprint density at radius 1 is 1.10 bits per heavy atom. The van der Waals surface area contributed by atoms with Gasteiger partial charge in [-0.05, 0) is 24.5 Å². The standard InChI is InChI=1S/C16H24O3.K/c1-2-3-4-5-6-7-8-9-13-10-11-15(17)14(12-13)16(18)19;/h10-12,17H,2-9H2,1H3,(H,18,19);/q;+1/p-1. The Balaban J connectivity index is 0.00000361. The van der Waals surface area contributed by atoms with Gasteiger partial charge >= 0.3 is 57.4 Å². The first-order valence-corrected chi connectivity index (χ1v) is 7.18. The van der Waals surface area contributed by atoms with Gasteiger partial charge in [-0.1, -0.05) is 63.3 Å². The van der Waals surface area contributed by atoms with Gasteiger partial charge in [-0.2, -0.15) is 0 Å². The van der Waals surface area contributed by atoms with Crippen molar-refractivity contribution in [3.05, 3.63) is 29.3 Å². The van der Waals surface area contributed by atoms with Crippen molar-refractivity contribution in [2.24, 2.45) is 0 Å². The number of aryl methyl sites for hydroxylation is 1. The van der Waals surface area contributed by atoms with Crippen LogP contribution in [0, 0.1) is 0 Å². The Morgan fingerprint density at radius 3 is 2.30 bits per heavy atom. The molecule has 106 valence electrons. The van der Waals surface area contributed by atoms with E-state index < -0.39 is 11.7 Å². The average molecular weight is 302 g/mol. The molecule has 0 saturated heterocycles. The number of unbranched alkanes of at least 4 members (excludes halogenated alkanes) is 6. The Labute approximate surface area is 164 Å². The summed E-state index contributed by atoms with van der Waals surface area (Å²) in [6.07, 6.45) is 9.50. The van der Waals surface area contributed by atoms with Gasteiger partial charge in [0.05, 0.1) is 5.56 Å². The van der Waals surface area contributed by atoms with Gasteiger partial charge < -0.3 is 10.2 Å². The van der Waals surface area contributed by atoms with Gasteiger partial charge in [0.1, 0.15) is 0 Å². The third-order valence-electron chi connectivity index (χ3n) is 3.34. The summed E-state index contributed by atoms with van der Waals surface area (Å²) in [6.45, 7) is 2.21. The first-order valence-electron chi connectivity index (χ1n) is 7.18. The zero-order valence-corrected chi connectivity index (χ0v) is 15.8. The maximum Gasteiger partial charge on any atom is 1.00 e. The molecule has 0 heterocycles. The average Bonchev–Trinajstić information content (AvgIpc) is 2.39. The maximum atomic E-state index is 11.3. The van der Waals surface area contributed by atoms with Gasteiger partial charge in [0, 0.05) is 0 Å². The van der Waals surface area contributed by atoms with Crippen molar-refractivity contribution in [3.63, 3.8) is 0 Å². The largest absolute Gasteiger partial charge is 1.00 e. The molecular formula is C16H23KO3. The number of aromatic carboxylic acids is 1. The fourth-order valence-electron chi connectivity index (χ4n) is 2.19. The molecule has 0 saturated carbocycles. The van der Waals surface area contributed by atoms with E-state index in [9.17, 15) is 9.90 Å². The molecule has 0 aliphatic carbocycles. The van der Waals surface area contributed by atoms with E-state index in [0.29, 0.717) is 0 Å². The number of carboxylic acids is 1. The van der Waals surface area contributed by atoms with Gasteiger partial charge in [0.25, 0.3) is 0 Å². The van der Waals surface area contributed by atoms with Gasteiger partial charge in [0.15, 0.2) is 0 Å². The zero-order chi connectivity index (χ0) is 14.1. The molecule has 0 aliphatic heterocycles. The molecule has 0 bridgehead atoms. The third kappa shape index (κ3) is 7.79. The van der Waals surface area contributed by atoms with E-state index in [-0.39, 0.29) is 56.9 Å². The summed E-state index contributed by atoms with van der Waals surface area (Å²) in [6, 6.07) is 4.62. The van der Waals surface area contributed by atoms with Crippen molar-refractivity contribution in [1.29, 1.82) is 0 Å². The van der Waals surface area contributed by atoms with Crippen molar-refractivity contribution < 1.29 is 66.4 Å². The summed E-state index contributed by atoms with van der Waals surface area (Å²) >= 11 is 0.